The van der Waals surface area contributed by atoms with Crippen LogP contribution < -0.4 is 5.73 Å². The van der Waals surface area contributed by atoms with Gasteiger partial charge in [-0.3, -0.25) is 4.79 Å². The zero-order chi connectivity index (χ0) is 12.3. The molecule has 1 aromatic carbocycles. The van der Waals surface area contributed by atoms with Gasteiger partial charge in [0.2, 0.25) is 0 Å². The van der Waals surface area contributed by atoms with Crippen molar-refractivity contribution < 1.29 is 13.9 Å². The zero-order valence-electron chi connectivity index (χ0n) is 9.68. The Balaban J connectivity index is 2.19. The van der Waals surface area contributed by atoms with Gasteiger partial charge in [0.15, 0.2) is 0 Å². The van der Waals surface area contributed by atoms with Crippen LogP contribution in [0, 0.1) is 0 Å². The van der Waals surface area contributed by atoms with E-state index in [9.17, 15) is 4.79 Å². The Kier molecular flexibility index (Phi) is 3.44. The van der Waals surface area contributed by atoms with Crippen LogP contribution in [-0.2, 0) is 9.53 Å². The van der Waals surface area contributed by atoms with Crippen LogP contribution in [0.15, 0.2) is 34.9 Å². The molecular formula is C13H15NO3. The van der Waals surface area contributed by atoms with Crippen molar-refractivity contribution in [1.82, 2.24) is 0 Å². The van der Waals surface area contributed by atoms with Crippen molar-refractivity contribution in [2.45, 2.75) is 19.4 Å². The normalized spacial score (nSPS) is 12.6. The molecule has 1 heterocycles. The molecule has 0 bridgehead atoms. The number of esters is 1. The predicted molar refractivity (Wildman–Crippen MR) is 64.4 cm³/mol. The van der Waals surface area contributed by atoms with Crippen molar-refractivity contribution in [3.05, 3.63) is 36.1 Å². The molecule has 0 radical (unpaired) electrons. The number of hydrogen-bond acceptors (Lipinski definition) is 4. The lowest BCUT2D eigenvalue weighted by Gasteiger charge is -2.09. The summed E-state index contributed by atoms with van der Waals surface area (Å²) in [5, 5.41) is 0.948. The molecule has 0 saturated carbocycles. The third-order valence-electron chi connectivity index (χ3n) is 2.60. The second-order valence-electron chi connectivity index (χ2n) is 3.80. The Morgan fingerprint density at radius 2 is 2.24 bits per heavy atom. The van der Waals surface area contributed by atoms with Crippen molar-refractivity contribution in [2.24, 2.45) is 5.73 Å². The number of para-hydroxylation sites is 1. The maximum absolute atomic E-state index is 11.4. The molecule has 0 unspecified atom stereocenters. The summed E-state index contributed by atoms with van der Waals surface area (Å²) < 4.78 is 10.3. The standard InChI is InChI=1S/C13H15NO3/c1-2-16-13(15)7-11(14)10-8-17-12-6-4-3-5-9(10)12/h3-6,8,11H,2,7,14H2,1H3/t11-/m1/s1. The summed E-state index contributed by atoms with van der Waals surface area (Å²) in [4.78, 5) is 11.4. The summed E-state index contributed by atoms with van der Waals surface area (Å²) in [6, 6.07) is 7.22. The first-order valence-electron chi connectivity index (χ1n) is 5.59. The molecule has 17 heavy (non-hydrogen) atoms. The summed E-state index contributed by atoms with van der Waals surface area (Å²) in [6.07, 6.45) is 1.77. The number of benzene rings is 1. The minimum Gasteiger partial charge on any atom is -0.466 e. The van der Waals surface area contributed by atoms with Crippen LogP contribution in [-0.4, -0.2) is 12.6 Å². The Morgan fingerprint density at radius 3 is 3.00 bits per heavy atom. The van der Waals surface area contributed by atoms with E-state index in [0.29, 0.717) is 6.61 Å². The minimum atomic E-state index is -0.391. The molecule has 2 aromatic rings. The van der Waals surface area contributed by atoms with Gasteiger partial charge in [0, 0.05) is 17.0 Å². The van der Waals surface area contributed by atoms with Gasteiger partial charge in [0.1, 0.15) is 5.58 Å². The third-order valence-corrected chi connectivity index (χ3v) is 2.60. The van der Waals surface area contributed by atoms with Gasteiger partial charge < -0.3 is 14.9 Å². The first-order valence-corrected chi connectivity index (χ1v) is 5.59. The van der Waals surface area contributed by atoms with E-state index in [4.69, 9.17) is 14.9 Å². The quantitative estimate of drug-likeness (QED) is 0.823. The van der Waals surface area contributed by atoms with Crippen molar-refractivity contribution in [1.29, 1.82) is 0 Å². The lowest BCUT2D eigenvalue weighted by molar-refractivity contribution is -0.143. The van der Waals surface area contributed by atoms with E-state index in [2.05, 4.69) is 0 Å². The number of nitrogens with two attached hydrogens (primary N) is 1. The number of carbonyl (C=O) groups is 1. The van der Waals surface area contributed by atoms with Gasteiger partial charge in [-0.1, -0.05) is 18.2 Å². The van der Waals surface area contributed by atoms with E-state index < -0.39 is 6.04 Å². The summed E-state index contributed by atoms with van der Waals surface area (Å²) in [5.41, 5.74) is 7.60. The SMILES string of the molecule is CCOC(=O)C[C@@H](N)c1coc2ccccc12. The molecule has 90 valence electrons. The molecular weight excluding hydrogens is 218 g/mol. The van der Waals surface area contributed by atoms with E-state index in [-0.39, 0.29) is 12.4 Å². The first kappa shape index (κ1) is 11.7. The predicted octanol–water partition coefficient (Wildman–Crippen LogP) is 2.39. The zero-order valence-corrected chi connectivity index (χ0v) is 9.68. The van der Waals surface area contributed by atoms with Crippen molar-refractivity contribution >= 4 is 16.9 Å². The van der Waals surface area contributed by atoms with Crippen LogP contribution in [0.5, 0.6) is 0 Å². The van der Waals surface area contributed by atoms with Gasteiger partial charge in [-0.05, 0) is 13.0 Å². The second kappa shape index (κ2) is 5.01. The van der Waals surface area contributed by atoms with E-state index >= 15 is 0 Å². The van der Waals surface area contributed by atoms with Gasteiger partial charge in [0.05, 0.1) is 19.3 Å². The smallest absolute Gasteiger partial charge is 0.307 e. The Bertz CT molecular complexity index is 518. The number of carbonyl (C=O) groups excluding carboxylic acids is 1. The van der Waals surface area contributed by atoms with Gasteiger partial charge in [-0.25, -0.2) is 0 Å². The molecule has 1 atom stereocenters. The number of ether oxygens (including phenoxy) is 1. The van der Waals surface area contributed by atoms with Crippen LogP contribution in [0.4, 0.5) is 0 Å². The molecule has 1 aromatic heterocycles. The Labute approximate surface area is 99.3 Å². The van der Waals surface area contributed by atoms with Gasteiger partial charge in [-0.2, -0.15) is 0 Å². The fourth-order valence-corrected chi connectivity index (χ4v) is 1.79. The average Bonchev–Trinajstić information content (AvgIpc) is 2.72. The van der Waals surface area contributed by atoms with Crippen molar-refractivity contribution in [2.75, 3.05) is 6.61 Å². The Hall–Kier alpha value is -1.81. The number of rotatable bonds is 4. The molecule has 0 spiro atoms. The number of fused-ring (bicyclic) bond motifs is 1. The largest absolute Gasteiger partial charge is 0.466 e. The van der Waals surface area contributed by atoms with Crippen LogP contribution in [0.2, 0.25) is 0 Å². The maximum Gasteiger partial charge on any atom is 0.307 e. The molecule has 0 aliphatic carbocycles. The molecule has 0 aliphatic rings. The summed E-state index contributed by atoms with van der Waals surface area (Å²) in [5.74, 6) is -0.287. The van der Waals surface area contributed by atoms with Crippen LogP contribution in [0.25, 0.3) is 11.0 Å². The number of hydrogen-bond donors (Lipinski definition) is 1. The second-order valence-corrected chi connectivity index (χ2v) is 3.80. The highest BCUT2D eigenvalue weighted by molar-refractivity contribution is 5.82. The Morgan fingerprint density at radius 1 is 1.47 bits per heavy atom. The fourth-order valence-electron chi connectivity index (χ4n) is 1.79. The van der Waals surface area contributed by atoms with E-state index in [1.54, 1.807) is 13.2 Å². The highest BCUT2D eigenvalue weighted by Crippen LogP contribution is 2.26. The minimum absolute atomic E-state index is 0.164. The van der Waals surface area contributed by atoms with Crippen molar-refractivity contribution in [3.63, 3.8) is 0 Å². The molecule has 2 rings (SSSR count). The molecule has 0 fully saturated rings. The number of furan rings is 1. The lowest BCUT2D eigenvalue weighted by atomic mass is 10.0. The summed E-state index contributed by atoms with van der Waals surface area (Å²) in [6.45, 7) is 2.15. The molecule has 4 heteroatoms. The average molecular weight is 233 g/mol. The topological polar surface area (TPSA) is 65.5 Å². The highest BCUT2D eigenvalue weighted by atomic mass is 16.5. The van der Waals surface area contributed by atoms with Gasteiger partial charge >= 0.3 is 5.97 Å². The van der Waals surface area contributed by atoms with E-state index in [1.165, 1.54) is 0 Å². The van der Waals surface area contributed by atoms with Crippen LogP contribution in [0.1, 0.15) is 24.9 Å². The van der Waals surface area contributed by atoms with E-state index in [0.717, 1.165) is 16.5 Å². The van der Waals surface area contributed by atoms with Gasteiger partial charge in [-0.15, -0.1) is 0 Å². The van der Waals surface area contributed by atoms with Crippen molar-refractivity contribution in [3.8, 4) is 0 Å². The van der Waals surface area contributed by atoms with E-state index in [1.807, 2.05) is 24.3 Å². The molecule has 2 N–H and O–H groups in total. The maximum atomic E-state index is 11.4. The van der Waals surface area contributed by atoms with Crippen LogP contribution in [0.3, 0.4) is 0 Å². The monoisotopic (exact) mass is 233 g/mol. The molecule has 4 nitrogen and oxygen atoms in total. The van der Waals surface area contributed by atoms with Crippen LogP contribution >= 0.6 is 0 Å². The lowest BCUT2D eigenvalue weighted by Crippen LogP contribution is -2.16. The third kappa shape index (κ3) is 2.47. The summed E-state index contributed by atoms with van der Waals surface area (Å²) >= 11 is 0. The molecule has 0 amide bonds. The molecule has 0 saturated heterocycles. The summed E-state index contributed by atoms with van der Waals surface area (Å²) in [7, 11) is 0. The molecule has 0 aliphatic heterocycles. The fraction of sp³-hybridized carbons (Fsp3) is 0.308. The van der Waals surface area contributed by atoms with Gasteiger partial charge in [0.25, 0.3) is 0 Å². The first-order chi connectivity index (χ1) is 8.22. The highest BCUT2D eigenvalue weighted by Gasteiger charge is 2.16.